The van der Waals surface area contributed by atoms with Gasteiger partial charge >= 0.3 is 0 Å². The van der Waals surface area contributed by atoms with E-state index in [9.17, 15) is 0 Å². The van der Waals surface area contributed by atoms with Gasteiger partial charge in [0, 0.05) is 0 Å². The fraction of sp³-hybridized carbons (Fsp3) is 0.385. The molecule has 0 aromatic heterocycles. The van der Waals surface area contributed by atoms with Crippen LogP contribution in [0, 0.1) is 0 Å². The van der Waals surface area contributed by atoms with E-state index in [4.69, 9.17) is 0 Å². The number of hydrogen-bond acceptors (Lipinski definition) is 0. The van der Waals surface area contributed by atoms with E-state index in [2.05, 4.69) is 50.3 Å². The maximum absolute atomic E-state index is 2.25. The third-order valence-electron chi connectivity index (χ3n) is 1.76. The summed E-state index contributed by atoms with van der Waals surface area (Å²) < 4.78 is 0. The summed E-state index contributed by atoms with van der Waals surface area (Å²) in [7, 11) is 0. The molecule has 0 aliphatic carbocycles. The van der Waals surface area contributed by atoms with Crippen LogP contribution < -0.4 is 0 Å². The first kappa shape index (κ1) is 12.0. The van der Waals surface area contributed by atoms with Gasteiger partial charge in [-0.2, -0.15) is 0 Å². The number of rotatable bonds is 4. The molecule has 0 saturated carbocycles. The molecular formula is C13H20. The SMILES string of the molecule is C\C=C/C(=C/C)C(/C=C\C)=C\CC. The Morgan fingerprint density at radius 3 is 1.85 bits per heavy atom. The van der Waals surface area contributed by atoms with Crippen molar-refractivity contribution < 1.29 is 0 Å². The molecule has 0 fully saturated rings. The first-order chi connectivity index (χ1) is 6.29. The lowest BCUT2D eigenvalue weighted by atomic mass is 10.0. The molecular weight excluding hydrogens is 156 g/mol. The third-order valence-corrected chi connectivity index (χ3v) is 1.76. The Bertz CT molecular complexity index is 237. The molecule has 0 bridgehead atoms. The van der Waals surface area contributed by atoms with Crippen molar-refractivity contribution >= 4 is 0 Å². The van der Waals surface area contributed by atoms with Gasteiger partial charge in [0.2, 0.25) is 0 Å². The Morgan fingerprint density at radius 2 is 1.46 bits per heavy atom. The average Bonchev–Trinajstić information content (AvgIpc) is 2.14. The molecule has 0 amide bonds. The van der Waals surface area contributed by atoms with Crippen molar-refractivity contribution in [2.24, 2.45) is 0 Å². The van der Waals surface area contributed by atoms with Gasteiger partial charge in [0.05, 0.1) is 0 Å². The molecule has 0 heteroatoms. The molecule has 0 N–H and O–H groups in total. The monoisotopic (exact) mass is 176 g/mol. The largest absolute Gasteiger partial charge is 0.0871 e. The van der Waals surface area contributed by atoms with E-state index in [-0.39, 0.29) is 0 Å². The summed E-state index contributed by atoms with van der Waals surface area (Å²) >= 11 is 0. The van der Waals surface area contributed by atoms with E-state index in [1.807, 2.05) is 13.8 Å². The summed E-state index contributed by atoms with van der Waals surface area (Å²) in [4.78, 5) is 0. The van der Waals surface area contributed by atoms with E-state index < -0.39 is 0 Å². The molecule has 0 atom stereocenters. The van der Waals surface area contributed by atoms with Crippen LogP contribution in [0.3, 0.4) is 0 Å². The van der Waals surface area contributed by atoms with E-state index in [1.165, 1.54) is 11.1 Å². The Hall–Kier alpha value is -1.04. The van der Waals surface area contributed by atoms with E-state index in [1.54, 1.807) is 0 Å². The van der Waals surface area contributed by atoms with Crippen LogP contribution in [0.5, 0.6) is 0 Å². The van der Waals surface area contributed by atoms with Gasteiger partial charge < -0.3 is 0 Å². The highest BCUT2D eigenvalue weighted by Gasteiger charge is 1.94. The standard InChI is InChI=1S/C13H20/c1-5-9-12(8-4)13(10-6-2)11-7-3/h5-6,8-11H,7H2,1-4H3/b9-5-,10-6-,12-8-,13-11-. The summed E-state index contributed by atoms with van der Waals surface area (Å²) in [6, 6.07) is 0. The van der Waals surface area contributed by atoms with E-state index in [0.29, 0.717) is 0 Å². The van der Waals surface area contributed by atoms with Crippen LogP contribution in [0.1, 0.15) is 34.1 Å². The van der Waals surface area contributed by atoms with Crippen molar-refractivity contribution in [1.82, 2.24) is 0 Å². The maximum atomic E-state index is 2.25. The van der Waals surface area contributed by atoms with E-state index in [0.717, 1.165) is 6.42 Å². The molecule has 0 aromatic rings. The van der Waals surface area contributed by atoms with Crippen LogP contribution in [0.4, 0.5) is 0 Å². The lowest BCUT2D eigenvalue weighted by Gasteiger charge is -2.02. The zero-order valence-corrected chi connectivity index (χ0v) is 9.17. The summed E-state index contributed by atoms with van der Waals surface area (Å²) in [6.07, 6.45) is 13.9. The second-order valence-corrected chi connectivity index (χ2v) is 2.81. The Labute approximate surface area is 82.4 Å². The minimum Gasteiger partial charge on any atom is -0.0871 e. The molecule has 72 valence electrons. The second-order valence-electron chi connectivity index (χ2n) is 2.81. The number of hydrogen-bond donors (Lipinski definition) is 0. The van der Waals surface area contributed by atoms with Crippen molar-refractivity contribution in [3.05, 3.63) is 47.6 Å². The van der Waals surface area contributed by atoms with Crippen molar-refractivity contribution in [3.63, 3.8) is 0 Å². The van der Waals surface area contributed by atoms with Crippen molar-refractivity contribution in [2.75, 3.05) is 0 Å². The molecule has 0 rings (SSSR count). The van der Waals surface area contributed by atoms with Gasteiger partial charge in [-0.05, 0) is 38.3 Å². The molecule has 0 aliphatic rings. The Kier molecular flexibility index (Phi) is 6.99. The molecule has 0 aromatic carbocycles. The topological polar surface area (TPSA) is 0 Å². The zero-order chi connectivity index (χ0) is 10.1. The van der Waals surface area contributed by atoms with Gasteiger partial charge in [0.25, 0.3) is 0 Å². The van der Waals surface area contributed by atoms with Crippen LogP contribution >= 0.6 is 0 Å². The van der Waals surface area contributed by atoms with Gasteiger partial charge in [-0.3, -0.25) is 0 Å². The molecule has 0 radical (unpaired) electrons. The minimum atomic E-state index is 1.08. The molecule has 0 spiro atoms. The normalized spacial score (nSPS) is 14.8. The van der Waals surface area contributed by atoms with Crippen LogP contribution in [0.25, 0.3) is 0 Å². The van der Waals surface area contributed by atoms with Crippen LogP contribution in [-0.4, -0.2) is 0 Å². The molecule has 0 saturated heterocycles. The van der Waals surface area contributed by atoms with Crippen molar-refractivity contribution in [1.29, 1.82) is 0 Å². The first-order valence-corrected chi connectivity index (χ1v) is 4.92. The van der Waals surface area contributed by atoms with Gasteiger partial charge in [-0.25, -0.2) is 0 Å². The zero-order valence-electron chi connectivity index (χ0n) is 9.17. The molecule has 0 heterocycles. The lowest BCUT2D eigenvalue weighted by Crippen LogP contribution is -1.82. The minimum absolute atomic E-state index is 1.08. The fourth-order valence-electron chi connectivity index (χ4n) is 1.22. The average molecular weight is 176 g/mol. The maximum Gasteiger partial charge on any atom is -0.0231 e. The predicted octanol–water partition coefficient (Wildman–Crippen LogP) is 4.42. The summed E-state index contributed by atoms with van der Waals surface area (Å²) in [5, 5.41) is 0. The van der Waals surface area contributed by atoms with Gasteiger partial charge in [0.15, 0.2) is 0 Å². The highest BCUT2D eigenvalue weighted by atomic mass is 14.0. The lowest BCUT2D eigenvalue weighted by molar-refractivity contribution is 1.20. The number of allylic oxidation sites excluding steroid dienone is 8. The van der Waals surface area contributed by atoms with Crippen LogP contribution in [-0.2, 0) is 0 Å². The van der Waals surface area contributed by atoms with Crippen molar-refractivity contribution in [2.45, 2.75) is 34.1 Å². The first-order valence-electron chi connectivity index (χ1n) is 4.92. The second kappa shape index (κ2) is 7.60. The molecule has 0 unspecified atom stereocenters. The summed E-state index contributed by atoms with van der Waals surface area (Å²) in [5.74, 6) is 0. The van der Waals surface area contributed by atoms with E-state index >= 15 is 0 Å². The van der Waals surface area contributed by atoms with Gasteiger partial charge in [-0.15, -0.1) is 0 Å². The molecule has 0 aliphatic heterocycles. The molecule has 0 nitrogen and oxygen atoms in total. The quantitative estimate of drug-likeness (QED) is 0.556. The molecule has 13 heavy (non-hydrogen) atoms. The van der Waals surface area contributed by atoms with Gasteiger partial charge in [-0.1, -0.05) is 43.4 Å². The van der Waals surface area contributed by atoms with Crippen LogP contribution in [0.2, 0.25) is 0 Å². The third kappa shape index (κ3) is 4.51. The van der Waals surface area contributed by atoms with Gasteiger partial charge in [0.1, 0.15) is 0 Å². The Balaban J connectivity index is 4.81. The summed E-state index contributed by atoms with van der Waals surface area (Å²) in [6.45, 7) is 8.32. The fourth-order valence-corrected chi connectivity index (χ4v) is 1.22. The Morgan fingerprint density at radius 1 is 0.923 bits per heavy atom. The van der Waals surface area contributed by atoms with Crippen molar-refractivity contribution in [3.8, 4) is 0 Å². The van der Waals surface area contributed by atoms with Crippen LogP contribution in [0.15, 0.2) is 47.6 Å². The highest BCUT2D eigenvalue weighted by molar-refractivity contribution is 5.45. The smallest absolute Gasteiger partial charge is 0.0231 e. The highest BCUT2D eigenvalue weighted by Crippen LogP contribution is 2.14. The predicted molar refractivity (Wildman–Crippen MR) is 61.8 cm³/mol. The summed E-state index contributed by atoms with van der Waals surface area (Å²) in [5.41, 5.74) is 2.60.